The number of carbonyl (C=O) groups excluding carboxylic acids is 1. The maximum absolute atomic E-state index is 13.3. The normalized spacial score (nSPS) is 11.6. The van der Waals surface area contributed by atoms with E-state index >= 15 is 0 Å². The van der Waals surface area contributed by atoms with Gasteiger partial charge in [-0.1, -0.05) is 37.8 Å². The number of nitrogens with zero attached hydrogens (tertiary/aromatic N) is 5. The Labute approximate surface area is 233 Å². The van der Waals surface area contributed by atoms with Crippen molar-refractivity contribution in [1.29, 1.82) is 0 Å². The third-order valence-corrected chi connectivity index (χ3v) is 8.15. The molecule has 1 N–H and O–H groups in total. The van der Waals surface area contributed by atoms with Gasteiger partial charge < -0.3 is 14.6 Å². The molecule has 5 rings (SSSR count). The summed E-state index contributed by atoms with van der Waals surface area (Å²) in [6, 6.07) is 18.3. The largest absolute Gasteiger partial charge is 0.361 e. The molecule has 0 spiro atoms. The van der Waals surface area contributed by atoms with Gasteiger partial charge in [0.1, 0.15) is 23.9 Å². The first-order valence-corrected chi connectivity index (χ1v) is 16.8. The smallest absolute Gasteiger partial charge is 0.229 e. The summed E-state index contributed by atoms with van der Waals surface area (Å²) in [6.45, 7) is 7.95. The van der Waals surface area contributed by atoms with Crippen LogP contribution in [0.25, 0.3) is 33.5 Å². The topological polar surface area (TPSA) is 94.8 Å². The fraction of sp³-hybridized carbons (Fsp3) is 0.233. The van der Waals surface area contributed by atoms with Gasteiger partial charge in [-0.2, -0.15) is 5.10 Å². The van der Waals surface area contributed by atoms with Gasteiger partial charge in [0.05, 0.1) is 35.1 Å². The van der Waals surface area contributed by atoms with Gasteiger partial charge >= 0.3 is 0 Å². The van der Waals surface area contributed by atoms with E-state index in [2.05, 4.69) is 49.7 Å². The van der Waals surface area contributed by atoms with Gasteiger partial charge in [-0.15, -0.1) is 5.10 Å². The summed E-state index contributed by atoms with van der Waals surface area (Å²) >= 11 is 0. The third-order valence-electron chi connectivity index (χ3n) is 6.45. The van der Waals surface area contributed by atoms with Crippen LogP contribution in [-0.4, -0.2) is 45.3 Å². The molecule has 0 atom stereocenters. The third kappa shape index (κ3) is 6.46. The number of benzene rings is 1. The summed E-state index contributed by atoms with van der Waals surface area (Å²) in [4.78, 5) is 21.8. The Morgan fingerprint density at radius 2 is 1.82 bits per heavy atom. The van der Waals surface area contributed by atoms with Gasteiger partial charge in [0, 0.05) is 32.6 Å². The number of hydrogen-bond acceptors (Lipinski definition) is 6. The molecular formula is C30H31FN6O2Si. The molecule has 1 amide bonds. The van der Waals surface area contributed by atoms with Crippen LogP contribution in [0.1, 0.15) is 5.56 Å². The predicted octanol–water partition coefficient (Wildman–Crippen LogP) is 6.19. The second kappa shape index (κ2) is 11.8. The molecule has 204 valence electrons. The fourth-order valence-electron chi connectivity index (χ4n) is 4.43. The van der Waals surface area contributed by atoms with Gasteiger partial charge in [-0.3, -0.25) is 9.78 Å². The van der Waals surface area contributed by atoms with Gasteiger partial charge in [0.25, 0.3) is 0 Å². The molecule has 4 heterocycles. The lowest BCUT2D eigenvalue weighted by Crippen LogP contribution is -2.22. The summed E-state index contributed by atoms with van der Waals surface area (Å²) in [6.07, 6.45) is 5.17. The molecule has 0 unspecified atom stereocenters. The van der Waals surface area contributed by atoms with Crippen molar-refractivity contribution in [3.8, 4) is 22.5 Å². The zero-order valence-corrected chi connectivity index (χ0v) is 23.8. The number of fused-ring (bicyclic) bond motifs is 1. The summed E-state index contributed by atoms with van der Waals surface area (Å²) in [5.74, 6) is -0.187. The van der Waals surface area contributed by atoms with Crippen molar-refractivity contribution in [1.82, 2.24) is 24.7 Å². The number of halogens is 1. The highest BCUT2D eigenvalue weighted by Gasteiger charge is 2.23. The lowest BCUT2D eigenvalue weighted by atomic mass is 10.0. The molecule has 0 fully saturated rings. The van der Waals surface area contributed by atoms with E-state index in [1.807, 2.05) is 36.4 Å². The quantitative estimate of drug-likeness (QED) is 0.163. The highest BCUT2D eigenvalue weighted by atomic mass is 28.3. The van der Waals surface area contributed by atoms with Gasteiger partial charge in [-0.05, 0) is 54.1 Å². The van der Waals surface area contributed by atoms with Gasteiger partial charge in [0.2, 0.25) is 5.91 Å². The Morgan fingerprint density at radius 1 is 1.00 bits per heavy atom. The minimum Gasteiger partial charge on any atom is -0.361 e. The van der Waals surface area contributed by atoms with Crippen molar-refractivity contribution in [2.75, 3.05) is 11.9 Å². The first-order chi connectivity index (χ1) is 19.3. The van der Waals surface area contributed by atoms with E-state index in [4.69, 9.17) is 4.74 Å². The van der Waals surface area contributed by atoms with E-state index in [0.717, 1.165) is 34.1 Å². The SMILES string of the molecule is C[Si](C)(C)CCOCn1c(-c2ccnc(NC(=O)Cc3ccc(F)cc3)c2)c(-c2ccccn2)c2nnccc21. The number of amides is 1. The van der Waals surface area contributed by atoms with E-state index < -0.39 is 8.07 Å². The van der Waals surface area contributed by atoms with E-state index in [-0.39, 0.29) is 18.1 Å². The molecule has 0 saturated carbocycles. The Bertz CT molecular complexity index is 1620. The average molecular weight is 555 g/mol. The second-order valence-corrected chi connectivity index (χ2v) is 16.4. The summed E-state index contributed by atoms with van der Waals surface area (Å²) < 4.78 is 21.5. The summed E-state index contributed by atoms with van der Waals surface area (Å²) in [7, 11) is -1.26. The number of aromatic nitrogens is 5. The van der Waals surface area contributed by atoms with Crippen LogP contribution in [0.2, 0.25) is 25.7 Å². The highest BCUT2D eigenvalue weighted by molar-refractivity contribution is 6.76. The number of ether oxygens (including phenoxy) is 1. The van der Waals surface area contributed by atoms with Crippen LogP contribution < -0.4 is 5.32 Å². The number of hydrogen-bond donors (Lipinski definition) is 1. The van der Waals surface area contributed by atoms with E-state index in [9.17, 15) is 9.18 Å². The van der Waals surface area contributed by atoms with Crippen molar-refractivity contribution in [3.05, 3.63) is 90.6 Å². The second-order valence-electron chi connectivity index (χ2n) is 10.8. The molecule has 0 aliphatic heterocycles. The van der Waals surface area contributed by atoms with Crippen molar-refractivity contribution >= 4 is 30.8 Å². The molecule has 1 aromatic carbocycles. The highest BCUT2D eigenvalue weighted by Crippen LogP contribution is 2.39. The molecule has 5 aromatic rings. The van der Waals surface area contributed by atoms with Crippen molar-refractivity contribution in [2.24, 2.45) is 0 Å². The minimum atomic E-state index is -1.26. The van der Waals surface area contributed by atoms with Crippen LogP contribution in [0.3, 0.4) is 0 Å². The molecule has 0 aliphatic rings. The zero-order valence-electron chi connectivity index (χ0n) is 22.8. The Kier molecular flexibility index (Phi) is 8.08. The van der Waals surface area contributed by atoms with Crippen LogP contribution in [0.4, 0.5) is 10.2 Å². The molecule has 40 heavy (non-hydrogen) atoms. The molecule has 10 heteroatoms. The molecule has 0 aliphatic carbocycles. The molecule has 0 saturated heterocycles. The fourth-order valence-corrected chi connectivity index (χ4v) is 5.19. The zero-order chi connectivity index (χ0) is 28.1. The van der Waals surface area contributed by atoms with Crippen LogP contribution >= 0.6 is 0 Å². The standard InChI is InChI=1S/C30H31FN6O2Si/c1-40(2,3)17-16-39-20-37-25-12-15-34-36-29(25)28(24-6-4-5-13-32-24)30(37)22-11-14-33-26(19-22)35-27(38)18-21-7-9-23(31)10-8-21/h4-15,19H,16-18,20H2,1-3H3,(H,33,35,38). The van der Waals surface area contributed by atoms with Crippen LogP contribution in [0.5, 0.6) is 0 Å². The van der Waals surface area contributed by atoms with Crippen molar-refractivity contribution in [3.63, 3.8) is 0 Å². The Balaban J connectivity index is 1.53. The lowest BCUT2D eigenvalue weighted by Gasteiger charge is -2.17. The number of anilines is 1. The first kappa shape index (κ1) is 27.3. The van der Waals surface area contributed by atoms with E-state index in [1.165, 1.54) is 12.1 Å². The summed E-state index contributed by atoms with van der Waals surface area (Å²) in [5.41, 5.74) is 5.54. The predicted molar refractivity (Wildman–Crippen MR) is 157 cm³/mol. The lowest BCUT2D eigenvalue weighted by molar-refractivity contribution is -0.115. The van der Waals surface area contributed by atoms with Gasteiger partial charge in [0.15, 0.2) is 0 Å². The van der Waals surface area contributed by atoms with Crippen molar-refractivity contribution in [2.45, 2.75) is 38.8 Å². The van der Waals surface area contributed by atoms with E-state index in [1.54, 1.807) is 30.7 Å². The van der Waals surface area contributed by atoms with Crippen molar-refractivity contribution < 1.29 is 13.9 Å². The molecule has 0 bridgehead atoms. The molecule has 8 nitrogen and oxygen atoms in total. The van der Waals surface area contributed by atoms with Gasteiger partial charge in [-0.25, -0.2) is 9.37 Å². The maximum atomic E-state index is 13.3. The van der Waals surface area contributed by atoms with E-state index in [0.29, 0.717) is 30.2 Å². The monoisotopic (exact) mass is 554 g/mol. The number of rotatable bonds is 10. The minimum absolute atomic E-state index is 0.103. The molecule has 4 aromatic heterocycles. The first-order valence-electron chi connectivity index (χ1n) is 13.1. The number of pyridine rings is 2. The van der Waals surface area contributed by atoms with Crippen LogP contribution in [-0.2, 0) is 22.7 Å². The maximum Gasteiger partial charge on any atom is 0.229 e. The van der Waals surface area contributed by atoms with Crippen LogP contribution in [0, 0.1) is 5.82 Å². The average Bonchev–Trinajstić information content (AvgIpc) is 3.27. The Hall–Kier alpha value is -4.28. The number of nitrogens with one attached hydrogen (secondary N) is 1. The Morgan fingerprint density at radius 3 is 2.58 bits per heavy atom. The molecule has 0 radical (unpaired) electrons. The number of carbonyl (C=O) groups is 1. The summed E-state index contributed by atoms with van der Waals surface area (Å²) in [5, 5.41) is 11.5. The molecular weight excluding hydrogens is 523 g/mol. The van der Waals surface area contributed by atoms with Crippen LogP contribution in [0.15, 0.2) is 79.3 Å².